The summed E-state index contributed by atoms with van der Waals surface area (Å²) in [4.78, 5) is 21.4. The molecule has 6 heteroatoms. The van der Waals surface area contributed by atoms with Gasteiger partial charge >= 0.3 is 0 Å². The van der Waals surface area contributed by atoms with Gasteiger partial charge in [0, 0.05) is 21.7 Å². The fourth-order valence-electron chi connectivity index (χ4n) is 1.15. The first-order valence-electron chi connectivity index (χ1n) is 4.01. The van der Waals surface area contributed by atoms with E-state index in [1.807, 2.05) is 0 Å². The number of alkyl halides is 1. The normalized spacial score (nSPS) is 10.1. The second-order valence-electron chi connectivity index (χ2n) is 2.93. The predicted molar refractivity (Wildman–Crippen MR) is 60.6 cm³/mol. The fourth-order valence-corrected chi connectivity index (χ4v) is 1.85. The highest BCUT2D eigenvalue weighted by Crippen LogP contribution is 2.27. The maximum Gasteiger partial charge on any atom is 0.273 e. The second-order valence-corrected chi connectivity index (χ2v) is 4.05. The van der Waals surface area contributed by atoms with Crippen LogP contribution in [0.2, 0.25) is 0 Å². The number of nitrogens with zero attached hydrogens (tertiary/aromatic N) is 1. The van der Waals surface area contributed by atoms with E-state index in [0.717, 1.165) is 0 Å². The average Bonchev–Trinajstić information content (AvgIpc) is 2.19. The molecule has 0 fully saturated rings. The first-order chi connectivity index (χ1) is 6.97. The average molecular weight is 293 g/mol. The zero-order chi connectivity index (χ0) is 11.6. The van der Waals surface area contributed by atoms with Crippen LogP contribution in [0.5, 0.6) is 0 Å². The van der Waals surface area contributed by atoms with Crippen molar-refractivity contribution in [3.63, 3.8) is 0 Å². The molecule has 0 aliphatic heterocycles. The summed E-state index contributed by atoms with van der Waals surface area (Å²) in [6, 6.07) is 2.78. The van der Waals surface area contributed by atoms with Gasteiger partial charge in [-0.25, -0.2) is 0 Å². The van der Waals surface area contributed by atoms with Crippen LogP contribution in [0, 0.1) is 17.0 Å². The summed E-state index contributed by atoms with van der Waals surface area (Å²) in [7, 11) is 0. The molecule has 0 aliphatic carbocycles. The fraction of sp³-hybridized carbons (Fsp3) is 0.222. The molecule has 0 aromatic heterocycles. The Bertz CT molecular complexity index is 434. The van der Waals surface area contributed by atoms with Crippen LogP contribution in [-0.4, -0.2) is 16.6 Å². The zero-order valence-electron chi connectivity index (χ0n) is 7.79. The van der Waals surface area contributed by atoms with E-state index in [1.54, 1.807) is 6.92 Å². The molecule has 0 radical (unpaired) electrons. The summed E-state index contributed by atoms with van der Waals surface area (Å²) in [5, 5.41) is 10.6. The van der Waals surface area contributed by atoms with Crippen LogP contribution < -0.4 is 0 Å². The van der Waals surface area contributed by atoms with Gasteiger partial charge in [-0.05, 0) is 28.9 Å². The third-order valence-corrected chi connectivity index (χ3v) is 2.80. The summed E-state index contributed by atoms with van der Waals surface area (Å²) in [5.74, 6) is -0.405. The maximum absolute atomic E-state index is 11.3. The van der Waals surface area contributed by atoms with Crippen LogP contribution in [0.3, 0.4) is 0 Å². The molecule has 1 aromatic carbocycles. The van der Waals surface area contributed by atoms with Crippen molar-refractivity contribution in [2.75, 3.05) is 5.88 Å². The van der Waals surface area contributed by atoms with E-state index < -0.39 is 4.92 Å². The van der Waals surface area contributed by atoms with E-state index in [1.165, 1.54) is 12.1 Å². The number of nitro benzene ring substituents is 1. The number of nitro groups is 1. The number of halogens is 2. The van der Waals surface area contributed by atoms with E-state index in [9.17, 15) is 14.9 Å². The molecule has 80 valence electrons. The van der Waals surface area contributed by atoms with Gasteiger partial charge in [0.15, 0.2) is 5.78 Å². The molecule has 0 aliphatic rings. The lowest BCUT2D eigenvalue weighted by Gasteiger charge is -2.03. The lowest BCUT2D eigenvalue weighted by atomic mass is 10.1. The van der Waals surface area contributed by atoms with Crippen molar-refractivity contribution in [1.82, 2.24) is 0 Å². The smallest absolute Gasteiger partial charge is 0.273 e. The van der Waals surface area contributed by atoms with E-state index >= 15 is 0 Å². The molecule has 0 atom stereocenters. The molecule has 0 saturated carbocycles. The maximum atomic E-state index is 11.3. The van der Waals surface area contributed by atoms with Crippen molar-refractivity contribution in [3.8, 4) is 0 Å². The second kappa shape index (κ2) is 4.72. The van der Waals surface area contributed by atoms with Gasteiger partial charge in [-0.1, -0.05) is 0 Å². The Labute approximate surface area is 99.5 Å². The van der Waals surface area contributed by atoms with Crippen LogP contribution in [-0.2, 0) is 0 Å². The first-order valence-corrected chi connectivity index (χ1v) is 5.33. The van der Waals surface area contributed by atoms with E-state index in [0.29, 0.717) is 15.6 Å². The predicted octanol–water partition coefficient (Wildman–Crippen LogP) is 3.09. The van der Waals surface area contributed by atoms with Gasteiger partial charge in [0.25, 0.3) is 5.69 Å². The lowest BCUT2D eigenvalue weighted by molar-refractivity contribution is -0.385. The minimum absolute atomic E-state index is 0.0204. The molecule has 0 bridgehead atoms. The quantitative estimate of drug-likeness (QED) is 0.372. The van der Waals surface area contributed by atoms with Crippen LogP contribution in [0.25, 0.3) is 0 Å². The van der Waals surface area contributed by atoms with Crippen molar-refractivity contribution < 1.29 is 9.72 Å². The number of ketones is 1. The highest BCUT2D eigenvalue weighted by molar-refractivity contribution is 9.10. The Kier molecular flexibility index (Phi) is 3.82. The summed E-state index contributed by atoms with van der Waals surface area (Å²) >= 11 is 8.52. The number of Topliss-reactive ketones (excluding diaryl/α,β-unsaturated/α-hetero) is 1. The SMILES string of the molecule is Cc1cc(C(=O)CCl)c(Br)cc1[N+](=O)[O-]. The molecular weight excluding hydrogens is 285 g/mol. The molecule has 0 amide bonds. The van der Waals surface area contributed by atoms with Crippen molar-refractivity contribution in [1.29, 1.82) is 0 Å². The number of aryl methyl sites for hydroxylation is 1. The summed E-state index contributed by atoms with van der Waals surface area (Å²) in [6.45, 7) is 1.58. The van der Waals surface area contributed by atoms with Crippen LogP contribution in [0.15, 0.2) is 16.6 Å². The molecule has 1 aromatic rings. The standard InChI is InChI=1S/C9H7BrClNO3/c1-5-2-6(9(13)4-11)7(10)3-8(5)12(14)15/h2-3H,4H2,1H3. The number of hydrogen-bond donors (Lipinski definition) is 0. The third kappa shape index (κ3) is 2.54. The summed E-state index contributed by atoms with van der Waals surface area (Å²) in [6.07, 6.45) is 0. The van der Waals surface area contributed by atoms with E-state index in [2.05, 4.69) is 15.9 Å². The Morgan fingerprint density at radius 2 is 2.20 bits per heavy atom. The molecule has 0 heterocycles. The van der Waals surface area contributed by atoms with Gasteiger partial charge in [0.05, 0.1) is 10.8 Å². The minimum atomic E-state index is -0.491. The summed E-state index contributed by atoms with van der Waals surface area (Å²) < 4.78 is 0.394. The first kappa shape index (κ1) is 12.1. The number of carbonyl (C=O) groups is 1. The van der Waals surface area contributed by atoms with Crippen molar-refractivity contribution in [3.05, 3.63) is 37.8 Å². The van der Waals surface area contributed by atoms with Gasteiger partial charge in [-0.3, -0.25) is 14.9 Å². The van der Waals surface area contributed by atoms with Crippen molar-refractivity contribution >= 4 is 39.0 Å². The monoisotopic (exact) mass is 291 g/mol. The van der Waals surface area contributed by atoms with Crippen LogP contribution >= 0.6 is 27.5 Å². The largest absolute Gasteiger partial charge is 0.293 e. The van der Waals surface area contributed by atoms with Gasteiger partial charge in [0.1, 0.15) is 0 Å². The number of rotatable bonds is 3. The molecule has 1 rings (SSSR count). The summed E-state index contributed by atoms with van der Waals surface area (Å²) in [5.41, 5.74) is 0.790. The Hall–Kier alpha value is -0.940. The molecule has 15 heavy (non-hydrogen) atoms. The van der Waals surface area contributed by atoms with Crippen molar-refractivity contribution in [2.45, 2.75) is 6.92 Å². The van der Waals surface area contributed by atoms with Crippen LogP contribution in [0.1, 0.15) is 15.9 Å². The number of carbonyl (C=O) groups excluding carboxylic acids is 1. The molecule has 0 N–H and O–H groups in total. The zero-order valence-corrected chi connectivity index (χ0v) is 10.1. The number of benzene rings is 1. The Morgan fingerprint density at radius 3 is 2.67 bits per heavy atom. The Morgan fingerprint density at radius 1 is 1.60 bits per heavy atom. The lowest BCUT2D eigenvalue weighted by Crippen LogP contribution is -2.03. The molecule has 4 nitrogen and oxygen atoms in total. The van der Waals surface area contributed by atoms with E-state index in [4.69, 9.17) is 11.6 Å². The van der Waals surface area contributed by atoms with E-state index in [-0.39, 0.29) is 17.4 Å². The van der Waals surface area contributed by atoms with Crippen molar-refractivity contribution in [2.24, 2.45) is 0 Å². The topological polar surface area (TPSA) is 60.2 Å². The van der Waals surface area contributed by atoms with Crippen LogP contribution in [0.4, 0.5) is 5.69 Å². The third-order valence-electron chi connectivity index (χ3n) is 1.90. The van der Waals surface area contributed by atoms with Gasteiger partial charge in [0.2, 0.25) is 0 Å². The molecular formula is C9H7BrClNO3. The van der Waals surface area contributed by atoms with Gasteiger partial charge in [-0.15, -0.1) is 11.6 Å². The van der Waals surface area contributed by atoms with Gasteiger partial charge < -0.3 is 0 Å². The molecule has 0 unspecified atom stereocenters. The highest BCUT2D eigenvalue weighted by atomic mass is 79.9. The minimum Gasteiger partial charge on any atom is -0.293 e. The molecule has 0 saturated heterocycles. The Balaban J connectivity index is 3.31. The number of hydrogen-bond acceptors (Lipinski definition) is 3. The molecule has 0 spiro atoms. The highest BCUT2D eigenvalue weighted by Gasteiger charge is 2.17. The van der Waals surface area contributed by atoms with Gasteiger partial charge in [-0.2, -0.15) is 0 Å².